The highest BCUT2D eigenvalue weighted by Gasteiger charge is 2.30. The molecule has 0 spiro atoms. The number of carbonyl (C=O) groups excluding carboxylic acids is 2. The molecule has 1 N–H and O–H groups in total. The molecule has 0 fully saturated rings. The highest BCUT2D eigenvalue weighted by molar-refractivity contribution is 5.88. The Morgan fingerprint density at radius 1 is 0.818 bits per heavy atom. The van der Waals surface area contributed by atoms with Crippen LogP contribution in [0.1, 0.15) is 40.3 Å². The van der Waals surface area contributed by atoms with E-state index in [9.17, 15) is 9.59 Å². The Morgan fingerprint density at radius 2 is 1.48 bits per heavy atom. The molecule has 0 heterocycles. The summed E-state index contributed by atoms with van der Waals surface area (Å²) >= 11 is 0. The molecule has 3 aromatic rings. The van der Waals surface area contributed by atoms with Gasteiger partial charge in [-0.2, -0.15) is 0 Å². The van der Waals surface area contributed by atoms with E-state index in [2.05, 4.69) is 25.2 Å². The molecule has 0 unspecified atom stereocenters. The number of amides is 2. The van der Waals surface area contributed by atoms with E-state index in [1.54, 1.807) is 4.90 Å². The fourth-order valence-electron chi connectivity index (χ4n) is 3.93. The summed E-state index contributed by atoms with van der Waals surface area (Å²) in [6.07, 6.45) is 0.731. The van der Waals surface area contributed by atoms with Crippen molar-refractivity contribution in [1.29, 1.82) is 0 Å². The van der Waals surface area contributed by atoms with Crippen LogP contribution in [0.25, 0.3) is 0 Å². The molecule has 0 aromatic heterocycles. The molecule has 0 aliphatic rings. The minimum Gasteiger partial charge on any atom is -0.355 e. The smallest absolute Gasteiger partial charge is 0.243 e. The normalized spacial score (nSPS) is 11.6. The largest absolute Gasteiger partial charge is 0.355 e. The highest BCUT2D eigenvalue weighted by Crippen LogP contribution is 2.18. The van der Waals surface area contributed by atoms with Crippen LogP contribution < -0.4 is 5.32 Å². The van der Waals surface area contributed by atoms with Crippen molar-refractivity contribution in [3.8, 4) is 0 Å². The number of likely N-dealkylation sites (N-methyl/N-ethyl adjacent to an activating group) is 1. The monoisotopic (exact) mass is 442 g/mol. The zero-order chi connectivity index (χ0) is 23.8. The Labute approximate surface area is 197 Å². The minimum atomic E-state index is -0.590. The molecule has 4 nitrogen and oxygen atoms in total. The van der Waals surface area contributed by atoms with Crippen LogP contribution in [0.2, 0.25) is 0 Å². The number of carbonyl (C=O) groups is 2. The fourth-order valence-corrected chi connectivity index (χ4v) is 3.93. The lowest BCUT2D eigenvalue weighted by atomic mass is 10.00. The first-order chi connectivity index (χ1) is 15.9. The van der Waals surface area contributed by atoms with Crippen molar-refractivity contribution in [2.24, 2.45) is 0 Å². The summed E-state index contributed by atoms with van der Waals surface area (Å²) in [4.78, 5) is 28.6. The number of nitrogens with one attached hydrogen (secondary N) is 1. The molecule has 1 atom stereocenters. The average Bonchev–Trinajstić information content (AvgIpc) is 2.80. The number of rotatable bonds is 9. The summed E-state index contributed by atoms with van der Waals surface area (Å²) in [5.74, 6) is -0.173. The molecule has 0 saturated heterocycles. The van der Waals surface area contributed by atoms with Crippen LogP contribution in [-0.2, 0) is 29.0 Å². The van der Waals surface area contributed by atoms with Gasteiger partial charge in [-0.25, -0.2) is 0 Å². The third-order valence-electron chi connectivity index (χ3n) is 6.02. The quantitative estimate of drug-likeness (QED) is 0.511. The molecule has 3 aromatic carbocycles. The van der Waals surface area contributed by atoms with Gasteiger partial charge in [0.1, 0.15) is 6.04 Å². The van der Waals surface area contributed by atoms with Gasteiger partial charge in [0.2, 0.25) is 11.8 Å². The Morgan fingerprint density at radius 3 is 2.12 bits per heavy atom. The van der Waals surface area contributed by atoms with Crippen LogP contribution in [0, 0.1) is 20.8 Å². The maximum atomic E-state index is 13.7. The summed E-state index contributed by atoms with van der Waals surface area (Å²) in [6, 6.07) is 23.6. The van der Waals surface area contributed by atoms with Gasteiger partial charge in [-0.3, -0.25) is 9.59 Å². The molecule has 2 amide bonds. The summed E-state index contributed by atoms with van der Waals surface area (Å²) in [7, 11) is 0. The Balaban J connectivity index is 1.95. The van der Waals surface area contributed by atoms with E-state index in [0.717, 1.165) is 27.8 Å². The van der Waals surface area contributed by atoms with E-state index >= 15 is 0 Å². The van der Waals surface area contributed by atoms with Crippen LogP contribution in [0.5, 0.6) is 0 Å². The standard InChI is InChI=1S/C29H34N2O2/c1-5-30-29(33)27(18-24-9-7-6-8-10-24)31(20-25-14-11-21(2)12-15-25)28(32)19-26-16-13-22(3)23(4)17-26/h6-17,27H,5,18-20H2,1-4H3,(H,30,33)/t27-/m1/s1. The van der Waals surface area contributed by atoms with Gasteiger partial charge in [0.05, 0.1) is 6.42 Å². The van der Waals surface area contributed by atoms with Crippen LogP contribution in [0.3, 0.4) is 0 Å². The average molecular weight is 443 g/mol. The summed E-state index contributed by atoms with van der Waals surface area (Å²) in [6.45, 7) is 8.97. The molecule has 0 aliphatic heterocycles. The molecule has 0 saturated carbocycles. The van der Waals surface area contributed by atoms with Crippen LogP contribution in [0.15, 0.2) is 72.8 Å². The van der Waals surface area contributed by atoms with Crippen molar-refractivity contribution < 1.29 is 9.59 Å². The SMILES string of the molecule is CCNC(=O)[C@@H](Cc1ccccc1)N(Cc1ccc(C)cc1)C(=O)Cc1ccc(C)c(C)c1. The lowest BCUT2D eigenvalue weighted by molar-refractivity contribution is -0.140. The predicted molar refractivity (Wildman–Crippen MR) is 134 cm³/mol. The van der Waals surface area contributed by atoms with Crippen molar-refractivity contribution in [3.63, 3.8) is 0 Å². The first kappa shape index (κ1) is 24.2. The molecule has 172 valence electrons. The van der Waals surface area contributed by atoms with Crippen LogP contribution in [-0.4, -0.2) is 29.3 Å². The molecule has 33 heavy (non-hydrogen) atoms. The summed E-state index contributed by atoms with van der Waals surface area (Å²) in [5, 5.41) is 2.94. The molecule has 0 bridgehead atoms. The molecule has 0 aliphatic carbocycles. The van der Waals surface area contributed by atoms with Crippen molar-refractivity contribution in [3.05, 3.63) is 106 Å². The van der Waals surface area contributed by atoms with Crippen LogP contribution >= 0.6 is 0 Å². The number of nitrogens with zero attached hydrogens (tertiary/aromatic N) is 1. The second-order valence-corrected chi connectivity index (χ2v) is 8.70. The zero-order valence-electron chi connectivity index (χ0n) is 20.1. The van der Waals surface area contributed by atoms with E-state index < -0.39 is 6.04 Å². The molecule has 3 rings (SSSR count). The first-order valence-electron chi connectivity index (χ1n) is 11.6. The first-order valence-corrected chi connectivity index (χ1v) is 11.6. The Kier molecular flexibility index (Phi) is 8.42. The van der Waals surface area contributed by atoms with E-state index in [1.165, 1.54) is 5.56 Å². The predicted octanol–water partition coefficient (Wildman–Crippen LogP) is 4.93. The Bertz CT molecular complexity index is 1070. The number of hydrogen-bond acceptors (Lipinski definition) is 2. The maximum Gasteiger partial charge on any atom is 0.243 e. The lowest BCUT2D eigenvalue weighted by Crippen LogP contribution is -2.50. The second kappa shape index (κ2) is 11.5. The molecule has 4 heteroatoms. The maximum absolute atomic E-state index is 13.7. The van der Waals surface area contributed by atoms with Gasteiger partial charge in [-0.1, -0.05) is 78.4 Å². The van der Waals surface area contributed by atoms with Gasteiger partial charge < -0.3 is 10.2 Å². The van der Waals surface area contributed by atoms with Crippen molar-refractivity contribution in [2.45, 2.75) is 53.1 Å². The third kappa shape index (κ3) is 6.79. The van der Waals surface area contributed by atoms with Gasteiger partial charge in [0.25, 0.3) is 0 Å². The summed E-state index contributed by atoms with van der Waals surface area (Å²) < 4.78 is 0. The van der Waals surface area contributed by atoms with Crippen LogP contribution in [0.4, 0.5) is 0 Å². The van der Waals surface area contributed by atoms with Gasteiger partial charge in [0.15, 0.2) is 0 Å². The van der Waals surface area contributed by atoms with Gasteiger partial charge in [-0.15, -0.1) is 0 Å². The van der Waals surface area contributed by atoms with E-state index in [4.69, 9.17) is 0 Å². The lowest BCUT2D eigenvalue weighted by Gasteiger charge is -2.31. The number of benzene rings is 3. The Hall–Kier alpha value is -3.40. The van der Waals surface area contributed by atoms with Crippen molar-refractivity contribution in [2.75, 3.05) is 6.54 Å². The second-order valence-electron chi connectivity index (χ2n) is 8.70. The topological polar surface area (TPSA) is 49.4 Å². The zero-order valence-corrected chi connectivity index (χ0v) is 20.1. The number of aryl methyl sites for hydroxylation is 3. The van der Waals surface area contributed by atoms with Gasteiger partial charge in [0, 0.05) is 19.5 Å². The molecule has 0 radical (unpaired) electrons. The van der Waals surface area contributed by atoms with Gasteiger partial charge in [-0.05, 0) is 55.5 Å². The van der Waals surface area contributed by atoms with Gasteiger partial charge >= 0.3 is 0 Å². The minimum absolute atomic E-state index is 0.0500. The van der Waals surface area contributed by atoms with Crippen molar-refractivity contribution >= 4 is 11.8 Å². The third-order valence-corrected chi connectivity index (χ3v) is 6.02. The van der Waals surface area contributed by atoms with E-state index in [1.807, 2.05) is 80.6 Å². The molecular formula is C29H34N2O2. The summed E-state index contributed by atoms with van der Waals surface area (Å²) in [5.41, 5.74) is 6.53. The number of hydrogen-bond donors (Lipinski definition) is 1. The van der Waals surface area contributed by atoms with Crippen molar-refractivity contribution in [1.82, 2.24) is 10.2 Å². The fraction of sp³-hybridized carbons (Fsp3) is 0.310. The van der Waals surface area contributed by atoms with E-state index in [-0.39, 0.29) is 18.2 Å². The van der Waals surface area contributed by atoms with E-state index in [0.29, 0.717) is 19.5 Å². The highest BCUT2D eigenvalue weighted by atomic mass is 16.2. The molecular weight excluding hydrogens is 408 g/mol.